The molecule has 0 unspecified atom stereocenters. The lowest BCUT2D eigenvalue weighted by Gasteiger charge is -2.07. The van der Waals surface area contributed by atoms with Gasteiger partial charge in [-0.1, -0.05) is 23.3 Å². The highest BCUT2D eigenvalue weighted by Crippen LogP contribution is 2.12. The van der Waals surface area contributed by atoms with Crippen molar-refractivity contribution in [3.8, 4) is 11.7 Å². The smallest absolute Gasteiger partial charge is 0.340 e. The van der Waals surface area contributed by atoms with Crippen LogP contribution in [0.4, 0.5) is 0 Å². The first kappa shape index (κ1) is 17.7. The Kier molecular flexibility index (Phi) is 6.77. The number of rotatable bonds is 10. The zero-order chi connectivity index (χ0) is 16.5. The van der Waals surface area contributed by atoms with E-state index < -0.39 is 9.15 Å². The quantitative estimate of drug-likeness (QED) is 0.356. The zero-order valence-electron chi connectivity index (χ0n) is 12.2. The summed E-state index contributed by atoms with van der Waals surface area (Å²) in [5.41, 5.74) is 0.813. The summed E-state index contributed by atoms with van der Waals surface area (Å²) in [5.74, 6) is 0.284. The number of para-hydroxylation sites is 1. The normalized spacial score (nSPS) is 11.5. The first-order valence-electron chi connectivity index (χ1n) is 6.85. The molecule has 0 saturated heterocycles. The summed E-state index contributed by atoms with van der Waals surface area (Å²) in [4.78, 5) is 0. The molecule has 1 aromatic carbocycles. The fraction of sp³-hybridized carbons (Fsp3) is 0.417. The van der Waals surface area contributed by atoms with Crippen LogP contribution in [0.25, 0.3) is 5.69 Å². The van der Waals surface area contributed by atoms with Gasteiger partial charge in [0.2, 0.25) is 0 Å². The van der Waals surface area contributed by atoms with Gasteiger partial charge in [0.15, 0.2) is 0 Å². The summed E-state index contributed by atoms with van der Waals surface area (Å²) in [6.07, 6.45) is 0.707. The van der Waals surface area contributed by atoms with E-state index in [2.05, 4.69) is 20.8 Å². The molecule has 0 spiro atoms. The second-order valence-electron chi connectivity index (χ2n) is 4.41. The molecule has 0 bridgehead atoms. The van der Waals surface area contributed by atoms with Gasteiger partial charge in [-0.15, -0.1) is 0 Å². The van der Waals surface area contributed by atoms with Crippen molar-refractivity contribution in [2.24, 2.45) is 0 Å². The number of hydrogen-bond acceptors (Lipinski definition) is 8. The van der Waals surface area contributed by atoms with Crippen molar-refractivity contribution in [1.29, 1.82) is 0 Å². The van der Waals surface area contributed by atoms with Crippen molar-refractivity contribution in [3.05, 3.63) is 30.3 Å². The second-order valence-corrected chi connectivity index (χ2v) is 7.88. The molecule has 0 atom stereocenters. The first-order valence-corrected chi connectivity index (χ1v) is 9.80. The van der Waals surface area contributed by atoms with Gasteiger partial charge in [-0.2, -0.15) is 13.1 Å². The van der Waals surface area contributed by atoms with Crippen molar-refractivity contribution in [3.63, 3.8) is 0 Å². The summed E-state index contributed by atoms with van der Waals surface area (Å²) in [6, 6.07) is 9.73. The number of hydrogen-bond donors (Lipinski definition) is 2. The molecule has 2 aromatic rings. The molecule has 2 N–H and O–H groups in total. The van der Waals surface area contributed by atoms with Crippen LogP contribution in [-0.4, -0.2) is 58.6 Å². The molecule has 0 aliphatic carbocycles. The summed E-state index contributed by atoms with van der Waals surface area (Å²) < 4.78 is 36.6. The lowest BCUT2D eigenvalue weighted by atomic mass is 10.3. The molecular weight excluding hydrogens is 342 g/mol. The molecule has 0 saturated carbocycles. The number of ether oxygens (including phenoxy) is 1. The Bertz CT molecular complexity index is 692. The van der Waals surface area contributed by atoms with Crippen LogP contribution in [0.1, 0.15) is 6.42 Å². The zero-order valence-corrected chi connectivity index (χ0v) is 13.8. The van der Waals surface area contributed by atoms with E-state index in [1.165, 1.54) is 4.68 Å². The Labute approximate surface area is 137 Å². The van der Waals surface area contributed by atoms with Crippen LogP contribution in [0, 0.1) is 0 Å². The van der Waals surface area contributed by atoms with Gasteiger partial charge in [-0.25, -0.2) is 0 Å². The minimum absolute atomic E-state index is 0.284. The molecule has 1 heterocycles. The van der Waals surface area contributed by atoms with Crippen LogP contribution < -0.4 is 10.1 Å². The van der Waals surface area contributed by atoms with Crippen LogP contribution in [0.2, 0.25) is 0 Å². The number of nitrogens with one attached hydrogen (secondary N) is 1. The average molecular weight is 359 g/mol. The van der Waals surface area contributed by atoms with Crippen molar-refractivity contribution in [1.82, 2.24) is 25.5 Å². The maximum atomic E-state index is 10.5. The van der Waals surface area contributed by atoms with Crippen LogP contribution in [-0.2, 0) is 9.15 Å². The number of nitrogens with zero attached hydrogens (tertiary/aromatic N) is 4. The van der Waals surface area contributed by atoms with Gasteiger partial charge < -0.3 is 10.1 Å². The van der Waals surface area contributed by atoms with Gasteiger partial charge in [0, 0.05) is 12.3 Å². The molecule has 2 rings (SSSR count). The first-order chi connectivity index (χ1) is 11.1. The van der Waals surface area contributed by atoms with Crippen LogP contribution in [0.15, 0.2) is 30.3 Å². The molecule has 0 fully saturated rings. The number of aromatic nitrogens is 4. The highest BCUT2D eigenvalue weighted by atomic mass is 33.1. The van der Waals surface area contributed by atoms with Crippen molar-refractivity contribution < 1.29 is 17.7 Å². The highest BCUT2D eigenvalue weighted by Gasteiger charge is 2.08. The predicted molar refractivity (Wildman–Crippen MR) is 86.1 cm³/mol. The van der Waals surface area contributed by atoms with Gasteiger partial charge in [0.25, 0.3) is 0 Å². The van der Waals surface area contributed by atoms with Crippen molar-refractivity contribution in [2.45, 2.75) is 6.42 Å². The molecule has 0 aliphatic heterocycles. The average Bonchev–Trinajstić information content (AvgIpc) is 2.98. The lowest BCUT2D eigenvalue weighted by Crippen LogP contribution is -2.21. The van der Waals surface area contributed by atoms with E-state index >= 15 is 0 Å². The van der Waals surface area contributed by atoms with Gasteiger partial charge in [0.1, 0.15) is 0 Å². The van der Waals surface area contributed by atoms with Gasteiger partial charge in [0.05, 0.1) is 12.3 Å². The third-order valence-corrected chi connectivity index (χ3v) is 4.74. The fourth-order valence-corrected chi connectivity index (χ4v) is 3.03. The standard InChI is InChI=1S/C12H17N5O4S2/c18-23(19,20)22-10-8-13-7-4-9-21-12-14-15-16-17(12)11-5-2-1-3-6-11/h1-3,5-6,13H,4,7-10H2,(H,18,19,20). The molecule has 126 valence electrons. The van der Waals surface area contributed by atoms with E-state index in [9.17, 15) is 8.42 Å². The third kappa shape index (κ3) is 6.52. The van der Waals surface area contributed by atoms with Crippen molar-refractivity contribution >= 4 is 19.9 Å². The van der Waals surface area contributed by atoms with Gasteiger partial charge in [-0.3, -0.25) is 4.55 Å². The van der Waals surface area contributed by atoms with E-state index in [0.717, 1.165) is 5.69 Å². The minimum atomic E-state index is -3.96. The highest BCUT2D eigenvalue weighted by molar-refractivity contribution is 8.69. The lowest BCUT2D eigenvalue weighted by molar-refractivity contribution is 0.277. The number of benzene rings is 1. The molecule has 0 radical (unpaired) electrons. The van der Waals surface area contributed by atoms with Crippen LogP contribution in [0.3, 0.4) is 0 Å². The molecule has 9 nitrogen and oxygen atoms in total. The molecule has 11 heteroatoms. The number of tetrazole rings is 1. The van der Waals surface area contributed by atoms with E-state index in [4.69, 9.17) is 9.29 Å². The van der Waals surface area contributed by atoms with E-state index in [-0.39, 0.29) is 5.75 Å². The molecule has 23 heavy (non-hydrogen) atoms. The topological polar surface area (TPSA) is 119 Å². The molecule has 1 aromatic heterocycles. The Balaban J connectivity index is 1.65. The van der Waals surface area contributed by atoms with E-state index in [1.54, 1.807) is 0 Å². The minimum Gasteiger partial charge on any atom is -0.462 e. The SMILES string of the molecule is O=S(=O)(O)SCCNCCCOc1nnnn1-c1ccccc1. The summed E-state index contributed by atoms with van der Waals surface area (Å²) in [5, 5.41) is 14.4. The van der Waals surface area contributed by atoms with E-state index in [1.807, 2.05) is 30.3 Å². The Morgan fingerprint density at radius 2 is 2.04 bits per heavy atom. The van der Waals surface area contributed by atoms with Crippen LogP contribution >= 0.6 is 10.8 Å². The summed E-state index contributed by atoms with van der Waals surface area (Å²) in [7, 11) is -3.46. The predicted octanol–water partition coefficient (Wildman–Crippen LogP) is 0.557. The van der Waals surface area contributed by atoms with Crippen molar-refractivity contribution in [2.75, 3.05) is 25.4 Å². The van der Waals surface area contributed by atoms with Gasteiger partial charge >= 0.3 is 15.2 Å². The van der Waals surface area contributed by atoms with E-state index in [0.29, 0.717) is 42.9 Å². The Morgan fingerprint density at radius 3 is 2.78 bits per heavy atom. The Hall–Kier alpha value is -1.69. The molecule has 0 aliphatic rings. The fourth-order valence-electron chi connectivity index (χ4n) is 1.70. The monoisotopic (exact) mass is 359 g/mol. The summed E-state index contributed by atoms with van der Waals surface area (Å²) in [6.45, 7) is 1.55. The Morgan fingerprint density at radius 1 is 1.26 bits per heavy atom. The van der Waals surface area contributed by atoms with Gasteiger partial charge in [-0.05, 0) is 46.3 Å². The second kappa shape index (κ2) is 8.82. The molecule has 0 amide bonds. The largest absolute Gasteiger partial charge is 0.462 e. The maximum absolute atomic E-state index is 10.5. The summed E-state index contributed by atoms with van der Waals surface area (Å²) >= 11 is 0. The maximum Gasteiger partial charge on any atom is 0.340 e. The molecular formula is C12H17N5O4S2. The third-order valence-electron chi connectivity index (χ3n) is 2.68. The van der Waals surface area contributed by atoms with Crippen LogP contribution in [0.5, 0.6) is 6.01 Å².